The maximum absolute atomic E-state index is 6.75. The molecule has 0 bridgehead atoms. The highest BCUT2D eigenvalue weighted by Gasteiger charge is 2.45. The van der Waals surface area contributed by atoms with Gasteiger partial charge in [0, 0.05) is 24.2 Å². The van der Waals surface area contributed by atoms with Crippen LogP contribution in [-0.2, 0) is 20.6 Å². The fourth-order valence-corrected chi connectivity index (χ4v) is 8.58. The molecule has 4 nitrogen and oxygen atoms in total. The Morgan fingerprint density at radius 1 is 0.513 bits per heavy atom. The molecule has 2 saturated carbocycles. The lowest BCUT2D eigenvalue weighted by atomic mass is 9.74. The second-order valence-electron chi connectivity index (χ2n) is 12.7. The van der Waals surface area contributed by atoms with Gasteiger partial charge in [-0.15, -0.1) is 0 Å². The van der Waals surface area contributed by atoms with E-state index in [1.807, 2.05) is 0 Å². The number of hydrogen-bond donors (Lipinski definition) is 0. The highest BCUT2D eigenvalue weighted by molar-refractivity contribution is 5.27. The van der Waals surface area contributed by atoms with Crippen molar-refractivity contribution < 1.29 is 9.47 Å². The first-order chi connectivity index (χ1) is 19.3. The summed E-state index contributed by atoms with van der Waals surface area (Å²) in [4.78, 5) is 5.50. The molecule has 2 unspecified atom stereocenters. The van der Waals surface area contributed by atoms with Crippen LogP contribution in [0.4, 0.5) is 0 Å². The minimum atomic E-state index is 0.112. The molecule has 6 rings (SSSR count). The largest absolute Gasteiger partial charge is 0.337 e. The van der Waals surface area contributed by atoms with Crippen LogP contribution in [0.5, 0.6) is 0 Å². The number of likely N-dealkylation sites (tertiary alicyclic amines) is 2. The topological polar surface area (TPSA) is 24.9 Å². The summed E-state index contributed by atoms with van der Waals surface area (Å²) in [6.45, 7) is 2.66. The number of piperidine rings is 2. The Labute approximate surface area is 237 Å². The Hall–Kier alpha value is -1.72. The summed E-state index contributed by atoms with van der Waals surface area (Å²) >= 11 is 0. The van der Waals surface area contributed by atoms with Crippen LogP contribution in [0.2, 0.25) is 0 Å². The van der Waals surface area contributed by atoms with Crippen LogP contribution in [0.15, 0.2) is 60.7 Å². The quantitative estimate of drug-likeness (QED) is 0.320. The number of benzene rings is 2. The summed E-state index contributed by atoms with van der Waals surface area (Å²) in [5, 5.41) is 0. The Balaban J connectivity index is 1.17. The monoisotopic (exact) mass is 530 g/mol. The van der Waals surface area contributed by atoms with E-state index in [1.165, 1.54) is 101 Å². The molecule has 2 heterocycles. The first kappa shape index (κ1) is 27.4. The van der Waals surface area contributed by atoms with Gasteiger partial charge in [-0.25, -0.2) is 0 Å². The smallest absolute Gasteiger partial charge is 0.150 e. The van der Waals surface area contributed by atoms with Crippen molar-refractivity contribution in [1.82, 2.24) is 9.80 Å². The zero-order chi connectivity index (χ0) is 26.4. The van der Waals surface area contributed by atoms with Crippen molar-refractivity contribution in [3.63, 3.8) is 0 Å². The molecule has 0 amide bonds. The molecule has 4 aliphatic rings. The molecule has 2 aromatic carbocycles. The van der Waals surface area contributed by atoms with E-state index in [-0.39, 0.29) is 23.5 Å². The highest BCUT2D eigenvalue weighted by Crippen LogP contribution is 2.47. The first-order valence-corrected chi connectivity index (χ1v) is 16.2. The van der Waals surface area contributed by atoms with E-state index in [0.29, 0.717) is 6.79 Å². The molecular formula is C35H50N2O2. The molecule has 212 valence electrons. The van der Waals surface area contributed by atoms with Crippen molar-refractivity contribution in [3.8, 4) is 0 Å². The lowest BCUT2D eigenvalue weighted by molar-refractivity contribution is -0.232. The summed E-state index contributed by atoms with van der Waals surface area (Å²) in [5.74, 6) is 0. The summed E-state index contributed by atoms with van der Waals surface area (Å²) in [6, 6.07) is 22.6. The van der Waals surface area contributed by atoms with Crippen LogP contribution in [0.3, 0.4) is 0 Å². The minimum absolute atomic E-state index is 0.112. The van der Waals surface area contributed by atoms with E-state index >= 15 is 0 Å². The highest BCUT2D eigenvalue weighted by atomic mass is 16.7. The first-order valence-electron chi connectivity index (χ1n) is 16.2. The third kappa shape index (κ3) is 5.73. The van der Waals surface area contributed by atoms with E-state index in [1.54, 1.807) is 0 Å². The molecule has 0 radical (unpaired) electrons. The number of rotatable bonds is 8. The molecule has 2 aliphatic carbocycles. The van der Waals surface area contributed by atoms with Crippen molar-refractivity contribution in [1.29, 1.82) is 0 Å². The number of ether oxygens (including phenoxy) is 2. The van der Waals surface area contributed by atoms with E-state index in [2.05, 4.69) is 70.5 Å². The van der Waals surface area contributed by atoms with Gasteiger partial charge in [0.25, 0.3) is 0 Å². The fourth-order valence-electron chi connectivity index (χ4n) is 8.58. The zero-order valence-electron chi connectivity index (χ0n) is 24.1. The van der Waals surface area contributed by atoms with Crippen LogP contribution >= 0.6 is 0 Å². The van der Waals surface area contributed by atoms with E-state index in [0.717, 1.165) is 25.9 Å². The summed E-state index contributed by atoms with van der Waals surface area (Å²) < 4.78 is 13.5. The second-order valence-corrected chi connectivity index (χ2v) is 12.7. The molecule has 0 spiro atoms. The molecule has 2 aromatic rings. The predicted octanol–water partition coefficient (Wildman–Crippen LogP) is 8.32. The molecule has 0 N–H and O–H groups in total. The normalized spacial score (nSPS) is 28.2. The molecule has 39 heavy (non-hydrogen) atoms. The molecule has 2 aliphatic heterocycles. The van der Waals surface area contributed by atoms with Gasteiger partial charge in [0.05, 0.1) is 0 Å². The van der Waals surface area contributed by atoms with Crippen molar-refractivity contribution in [2.75, 3.05) is 19.9 Å². The molecule has 2 atom stereocenters. The Morgan fingerprint density at radius 2 is 0.923 bits per heavy atom. The summed E-state index contributed by atoms with van der Waals surface area (Å²) in [6.07, 6.45) is 20.5. The van der Waals surface area contributed by atoms with E-state index < -0.39 is 0 Å². The van der Waals surface area contributed by atoms with Crippen LogP contribution in [-0.4, -0.2) is 42.1 Å². The van der Waals surface area contributed by atoms with Crippen LogP contribution < -0.4 is 0 Å². The third-order valence-corrected chi connectivity index (χ3v) is 10.5. The predicted molar refractivity (Wildman–Crippen MR) is 158 cm³/mol. The Kier molecular flexibility index (Phi) is 9.04. The molecule has 0 aromatic heterocycles. The van der Waals surface area contributed by atoms with Gasteiger partial charge in [-0.2, -0.15) is 0 Å². The van der Waals surface area contributed by atoms with Crippen LogP contribution in [0, 0.1) is 0 Å². The fraction of sp³-hybridized carbons (Fsp3) is 0.657. The van der Waals surface area contributed by atoms with Crippen molar-refractivity contribution in [2.45, 2.75) is 126 Å². The maximum atomic E-state index is 6.75. The average molecular weight is 531 g/mol. The molecule has 4 heteroatoms. The molecular weight excluding hydrogens is 480 g/mol. The molecule has 4 fully saturated rings. The maximum Gasteiger partial charge on any atom is 0.150 e. The van der Waals surface area contributed by atoms with Gasteiger partial charge in [-0.05, 0) is 75.3 Å². The number of hydrogen-bond acceptors (Lipinski definition) is 4. The standard InChI is InChI=1S/C35H50N2O2/c1-5-17-30(18-6-1)34(23-11-3-12-24-34)36-27-15-9-21-32(36)38-29-39-33-22-10-16-28-37(33)35(25-13-4-14-26-35)31-19-7-2-8-20-31/h1-2,5-8,17-20,32-33H,3-4,9-16,21-29H2. The minimum Gasteiger partial charge on any atom is -0.337 e. The van der Waals surface area contributed by atoms with Crippen LogP contribution in [0.25, 0.3) is 0 Å². The van der Waals surface area contributed by atoms with Gasteiger partial charge in [-0.1, -0.05) is 99.2 Å². The molecule has 2 saturated heterocycles. The zero-order valence-corrected chi connectivity index (χ0v) is 24.1. The van der Waals surface area contributed by atoms with Gasteiger partial charge in [0.1, 0.15) is 12.5 Å². The van der Waals surface area contributed by atoms with Crippen LogP contribution in [0.1, 0.15) is 114 Å². The van der Waals surface area contributed by atoms with E-state index in [9.17, 15) is 0 Å². The van der Waals surface area contributed by atoms with Crippen molar-refractivity contribution in [2.24, 2.45) is 0 Å². The lowest BCUT2D eigenvalue weighted by Gasteiger charge is -2.53. The van der Waals surface area contributed by atoms with Gasteiger partial charge >= 0.3 is 0 Å². The summed E-state index contributed by atoms with van der Waals surface area (Å²) in [5.41, 5.74) is 3.20. The van der Waals surface area contributed by atoms with Crippen molar-refractivity contribution in [3.05, 3.63) is 71.8 Å². The van der Waals surface area contributed by atoms with E-state index in [4.69, 9.17) is 9.47 Å². The Morgan fingerprint density at radius 3 is 1.33 bits per heavy atom. The van der Waals surface area contributed by atoms with Gasteiger partial charge < -0.3 is 9.47 Å². The van der Waals surface area contributed by atoms with Gasteiger partial charge in [-0.3, -0.25) is 9.80 Å². The van der Waals surface area contributed by atoms with Gasteiger partial charge in [0.15, 0.2) is 6.79 Å². The summed E-state index contributed by atoms with van der Waals surface area (Å²) in [7, 11) is 0. The second kappa shape index (κ2) is 12.9. The number of nitrogens with zero attached hydrogens (tertiary/aromatic N) is 2. The Bertz CT molecular complexity index is 918. The lowest BCUT2D eigenvalue weighted by Crippen LogP contribution is -2.56. The SMILES string of the molecule is c1ccc(C2(N3CCCCC3OCOC3CCCCN3C3(c4ccccc4)CCCCC3)CCCCC2)cc1. The van der Waals surface area contributed by atoms with Gasteiger partial charge in [0.2, 0.25) is 0 Å². The van der Waals surface area contributed by atoms with Crippen molar-refractivity contribution >= 4 is 0 Å². The third-order valence-electron chi connectivity index (χ3n) is 10.5. The average Bonchev–Trinajstić information content (AvgIpc) is 3.03.